The Hall–Kier alpha value is -4.57. The maximum atomic E-state index is 16.5. The van der Waals surface area contributed by atoms with E-state index in [0.717, 1.165) is 85.5 Å². The average Bonchev–Trinajstić information content (AvgIpc) is 3.71. The van der Waals surface area contributed by atoms with Crippen LogP contribution in [0.2, 0.25) is 0 Å². The molecule has 1 amide bonds. The van der Waals surface area contributed by atoms with Crippen molar-refractivity contribution in [2.45, 2.75) is 109 Å². The van der Waals surface area contributed by atoms with Crippen molar-refractivity contribution in [1.82, 2.24) is 5.32 Å². The lowest BCUT2D eigenvalue weighted by molar-refractivity contribution is -0.121. The molecule has 14 heteroatoms. The van der Waals surface area contributed by atoms with E-state index in [1.54, 1.807) is 38.5 Å². The minimum absolute atomic E-state index is 0.0151. The summed E-state index contributed by atoms with van der Waals surface area (Å²) in [5.74, 6) is -0.421. The van der Waals surface area contributed by atoms with Gasteiger partial charge in [-0.1, -0.05) is 48.9 Å². The smallest absolute Gasteiger partial charge is 0.494 e. The number of amides is 1. The van der Waals surface area contributed by atoms with Gasteiger partial charge in [0.2, 0.25) is 5.91 Å². The minimum Gasteiger partial charge on any atom is -0.712 e. The minimum atomic E-state index is -0.555. The molecule has 362 valence electrons. The van der Waals surface area contributed by atoms with Gasteiger partial charge < -0.3 is 49.0 Å². The molecule has 0 radical (unpaired) electrons. The second-order valence-electron chi connectivity index (χ2n) is 18.6. The van der Waals surface area contributed by atoms with Crippen LogP contribution in [0.3, 0.4) is 0 Å². The number of benzene rings is 4. The highest BCUT2D eigenvalue weighted by atomic mass is 19.1. The first-order valence-electron chi connectivity index (χ1n) is 23.9. The number of carbonyl (C=O) groups excluding carboxylic acids is 1. The van der Waals surface area contributed by atoms with Crippen molar-refractivity contribution in [3.05, 3.63) is 101 Å². The molecular weight excluding hydrogens is 855 g/mol. The Morgan fingerprint density at radius 2 is 1.22 bits per heavy atom. The third-order valence-electron chi connectivity index (χ3n) is 13.4. The zero-order valence-corrected chi connectivity index (χ0v) is 40.4. The van der Waals surface area contributed by atoms with Crippen LogP contribution in [0.5, 0.6) is 5.75 Å². The molecule has 0 saturated carbocycles. The predicted octanol–water partition coefficient (Wildman–Crippen LogP) is 10.6. The van der Waals surface area contributed by atoms with Crippen molar-refractivity contribution in [3.63, 3.8) is 0 Å². The highest BCUT2D eigenvalue weighted by Gasteiger charge is 2.52. The third-order valence-corrected chi connectivity index (χ3v) is 13.4. The first-order valence-corrected chi connectivity index (χ1v) is 23.9. The lowest BCUT2D eigenvalue weighted by Crippen LogP contribution is -2.41. The van der Waals surface area contributed by atoms with E-state index in [1.165, 1.54) is 12.1 Å². The summed E-state index contributed by atoms with van der Waals surface area (Å²) in [5, 5.41) is 6.02. The molecule has 1 heterocycles. The topological polar surface area (TPSA) is 128 Å². The number of ether oxygens (including phenoxy) is 5. The fraction of sp³-hybridized carbons (Fsp3) is 0.528. The van der Waals surface area contributed by atoms with Crippen molar-refractivity contribution < 1.29 is 46.6 Å². The standard InChI is InChI=1S/C53H69BF2N3O8/c1-51(2)52(3,4)67-54(66-51)40-18-22-43-42-21-17-39(34-46(42)53(47(43)35-40,23-12-27-63-32-30-61-5)24-13-28-64-33-31-62-6)45-37-48(55)44(36-49(45)56)38-15-19-41(20-16-38)65-29-11-10-25-58-50(60)14-8-7-9-26-59-57/h15-22,34-37H,7-14,23-33H2,1-6H3,(H,58,60)/q-1. The highest BCUT2D eigenvalue weighted by molar-refractivity contribution is 6.62. The van der Waals surface area contributed by atoms with Crippen LogP contribution in [-0.2, 0) is 38.5 Å². The van der Waals surface area contributed by atoms with Crippen molar-refractivity contribution in [1.29, 1.82) is 0 Å². The molecule has 0 aromatic heterocycles. The molecular formula is C53H69BF2N3O8-. The van der Waals surface area contributed by atoms with E-state index in [0.29, 0.717) is 82.6 Å². The van der Waals surface area contributed by atoms with Crippen molar-refractivity contribution in [2.24, 2.45) is 5.11 Å². The summed E-state index contributed by atoms with van der Waals surface area (Å²) >= 11 is 0. The zero-order chi connectivity index (χ0) is 47.9. The Kier molecular flexibility index (Phi) is 19.1. The molecule has 0 spiro atoms. The summed E-state index contributed by atoms with van der Waals surface area (Å²) in [6.07, 6.45) is 7.34. The summed E-state index contributed by atoms with van der Waals surface area (Å²) < 4.78 is 74.1. The lowest BCUT2D eigenvalue weighted by atomic mass is 9.69. The maximum absolute atomic E-state index is 16.5. The summed E-state index contributed by atoms with van der Waals surface area (Å²) in [4.78, 5) is 12.0. The molecule has 6 rings (SSSR count). The van der Waals surface area contributed by atoms with Gasteiger partial charge in [0.05, 0.1) is 44.2 Å². The number of nitrogens with zero attached hydrogens (tertiary/aromatic N) is 2. The van der Waals surface area contributed by atoms with Crippen molar-refractivity contribution in [2.75, 3.05) is 73.6 Å². The van der Waals surface area contributed by atoms with Crippen LogP contribution in [-0.4, -0.2) is 97.8 Å². The predicted molar refractivity (Wildman–Crippen MR) is 260 cm³/mol. The number of nitrogens with one attached hydrogen (secondary N) is 1. The number of rotatable bonds is 29. The molecule has 4 aromatic rings. The van der Waals surface area contributed by atoms with Gasteiger partial charge in [0, 0.05) is 63.5 Å². The molecule has 0 unspecified atom stereocenters. The summed E-state index contributed by atoms with van der Waals surface area (Å²) in [6.45, 7) is 12.7. The monoisotopic (exact) mass is 925 g/mol. The number of methoxy groups -OCH3 is 2. The Morgan fingerprint density at radius 3 is 1.84 bits per heavy atom. The highest BCUT2D eigenvalue weighted by Crippen LogP contribution is 2.55. The fourth-order valence-corrected chi connectivity index (χ4v) is 9.01. The van der Waals surface area contributed by atoms with Crippen LogP contribution in [0.4, 0.5) is 8.78 Å². The van der Waals surface area contributed by atoms with Crippen LogP contribution < -0.4 is 15.5 Å². The Labute approximate surface area is 396 Å². The SMILES string of the molecule is COCCOCCCC1(CCCOCCOC)c2cc(B3OC(C)(C)C(C)(C)O3)ccc2-c2ccc(-c3cc(F)c(-c4ccc(OCCCCNC(=O)CCCCCN=[N-])cc4)cc3F)cc21. The van der Waals surface area contributed by atoms with Crippen LogP contribution in [0.25, 0.3) is 38.9 Å². The summed E-state index contributed by atoms with van der Waals surface area (Å²) in [6, 6.07) is 22.0. The number of hydrogen-bond donors (Lipinski definition) is 1. The first kappa shape index (κ1) is 51.8. The molecule has 4 aromatic carbocycles. The van der Waals surface area contributed by atoms with Crippen molar-refractivity contribution >= 4 is 18.5 Å². The Balaban J connectivity index is 1.21. The van der Waals surface area contributed by atoms with Gasteiger partial charge in [-0.25, -0.2) is 8.78 Å². The lowest BCUT2D eigenvalue weighted by Gasteiger charge is -2.33. The van der Waals surface area contributed by atoms with Gasteiger partial charge in [-0.05, 0) is 148 Å². The van der Waals surface area contributed by atoms with Gasteiger partial charge in [-0.3, -0.25) is 4.79 Å². The van der Waals surface area contributed by atoms with Gasteiger partial charge in [-0.15, -0.1) is 0 Å². The molecule has 0 atom stereocenters. The van der Waals surface area contributed by atoms with E-state index in [4.69, 9.17) is 38.5 Å². The van der Waals surface area contributed by atoms with Crippen LogP contribution in [0, 0.1) is 11.6 Å². The fourth-order valence-electron chi connectivity index (χ4n) is 9.01. The van der Waals surface area contributed by atoms with E-state index in [-0.39, 0.29) is 17.0 Å². The molecule has 1 aliphatic heterocycles. The normalized spacial score (nSPS) is 15.4. The molecule has 2 aliphatic rings. The van der Waals surface area contributed by atoms with Gasteiger partial charge in [0.1, 0.15) is 17.4 Å². The van der Waals surface area contributed by atoms with E-state index in [9.17, 15) is 4.79 Å². The average molecular weight is 925 g/mol. The van der Waals surface area contributed by atoms with E-state index in [2.05, 4.69) is 62.4 Å². The second kappa shape index (κ2) is 24.6. The molecule has 1 aliphatic carbocycles. The van der Waals surface area contributed by atoms with Crippen LogP contribution >= 0.6 is 0 Å². The van der Waals surface area contributed by atoms with E-state index in [1.807, 2.05) is 12.1 Å². The first-order chi connectivity index (χ1) is 32.3. The number of carbonyl (C=O) groups is 1. The van der Waals surface area contributed by atoms with Gasteiger partial charge in [0.15, 0.2) is 0 Å². The molecule has 1 fully saturated rings. The molecule has 11 nitrogen and oxygen atoms in total. The molecule has 67 heavy (non-hydrogen) atoms. The Morgan fingerprint density at radius 1 is 0.642 bits per heavy atom. The van der Waals surface area contributed by atoms with E-state index >= 15 is 8.78 Å². The second-order valence-corrected chi connectivity index (χ2v) is 18.6. The summed E-state index contributed by atoms with van der Waals surface area (Å²) in [7, 11) is 2.76. The quantitative estimate of drug-likeness (QED) is 0.0324. The van der Waals surface area contributed by atoms with Crippen molar-refractivity contribution in [3.8, 4) is 39.1 Å². The largest absolute Gasteiger partial charge is 0.712 e. The maximum Gasteiger partial charge on any atom is 0.494 e. The number of halogens is 2. The van der Waals surface area contributed by atoms with E-state index < -0.39 is 35.4 Å². The molecule has 0 bridgehead atoms. The number of unbranched alkanes of at least 4 members (excludes halogenated alkanes) is 3. The van der Waals surface area contributed by atoms with Gasteiger partial charge >= 0.3 is 7.12 Å². The molecule has 1 saturated heterocycles. The number of fused-ring (bicyclic) bond motifs is 3. The van der Waals surface area contributed by atoms with Gasteiger partial charge in [0.25, 0.3) is 0 Å². The zero-order valence-electron chi connectivity index (χ0n) is 40.4. The number of hydrogen-bond acceptors (Lipinski definition) is 9. The van der Waals surface area contributed by atoms with Crippen LogP contribution in [0.1, 0.15) is 103 Å². The van der Waals surface area contributed by atoms with Crippen LogP contribution in [0.15, 0.2) is 77.9 Å². The third kappa shape index (κ3) is 13.2. The van der Waals surface area contributed by atoms with Gasteiger partial charge in [-0.2, -0.15) is 0 Å². The summed E-state index contributed by atoms with van der Waals surface area (Å²) in [5.41, 5.74) is 13.7. The Bertz CT molecular complexity index is 2210. The molecule has 1 N–H and O–H groups in total.